The standard InChI is InChI=1S/C18H21F2NO3/c19-14-6-5-11(9-15(14)20)10-21(8-7-16(22)23)18(24)17-12-3-1-2-4-13(12)17/h5-6,9,12-13,17H,1-4,7-8,10H2,(H,22,23). The number of carboxylic acid groups (broad SMARTS) is 1. The molecule has 2 aliphatic carbocycles. The van der Waals surface area contributed by atoms with Crippen LogP contribution in [0.4, 0.5) is 8.78 Å². The molecule has 1 aromatic rings. The van der Waals surface area contributed by atoms with Gasteiger partial charge < -0.3 is 10.0 Å². The van der Waals surface area contributed by atoms with E-state index in [2.05, 4.69) is 0 Å². The van der Waals surface area contributed by atoms with Crippen molar-refractivity contribution in [2.24, 2.45) is 17.8 Å². The van der Waals surface area contributed by atoms with E-state index in [0.29, 0.717) is 17.4 Å². The van der Waals surface area contributed by atoms with E-state index in [1.54, 1.807) is 0 Å². The number of hydrogen-bond acceptors (Lipinski definition) is 2. The molecule has 0 bridgehead atoms. The normalized spacial score (nSPS) is 25.0. The number of nitrogens with zero attached hydrogens (tertiary/aromatic N) is 1. The highest BCUT2D eigenvalue weighted by molar-refractivity contribution is 5.83. The second kappa shape index (κ2) is 6.87. The smallest absolute Gasteiger partial charge is 0.305 e. The number of carboxylic acids is 1. The summed E-state index contributed by atoms with van der Waals surface area (Å²) in [5, 5.41) is 8.90. The molecule has 1 aromatic carbocycles. The first kappa shape index (κ1) is 16.9. The van der Waals surface area contributed by atoms with Crippen molar-refractivity contribution < 1.29 is 23.5 Å². The molecule has 24 heavy (non-hydrogen) atoms. The molecule has 0 saturated heterocycles. The highest BCUT2D eigenvalue weighted by atomic mass is 19.2. The number of benzene rings is 1. The first-order chi connectivity index (χ1) is 11.5. The molecular weight excluding hydrogens is 316 g/mol. The van der Waals surface area contributed by atoms with Crippen molar-refractivity contribution in [3.63, 3.8) is 0 Å². The molecule has 0 aromatic heterocycles. The Balaban J connectivity index is 1.71. The van der Waals surface area contributed by atoms with E-state index in [1.165, 1.54) is 11.0 Å². The van der Waals surface area contributed by atoms with Gasteiger partial charge in [-0.15, -0.1) is 0 Å². The van der Waals surface area contributed by atoms with Gasteiger partial charge >= 0.3 is 5.97 Å². The fourth-order valence-corrected chi connectivity index (χ4v) is 3.93. The maximum Gasteiger partial charge on any atom is 0.305 e. The lowest BCUT2D eigenvalue weighted by atomic mass is 10.0. The summed E-state index contributed by atoms with van der Waals surface area (Å²) in [6.45, 7) is 0.197. The van der Waals surface area contributed by atoms with E-state index in [1.807, 2.05) is 0 Å². The van der Waals surface area contributed by atoms with Crippen LogP contribution >= 0.6 is 0 Å². The summed E-state index contributed by atoms with van der Waals surface area (Å²) in [6, 6.07) is 3.52. The second-order valence-electron chi connectivity index (χ2n) is 6.79. The van der Waals surface area contributed by atoms with Crippen LogP contribution in [-0.4, -0.2) is 28.4 Å². The van der Waals surface area contributed by atoms with Gasteiger partial charge in [-0.2, -0.15) is 0 Å². The Morgan fingerprint density at radius 2 is 1.79 bits per heavy atom. The molecule has 130 valence electrons. The van der Waals surface area contributed by atoms with Crippen LogP contribution in [0.1, 0.15) is 37.7 Å². The van der Waals surface area contributed by atoms with E-state index in [4.69, 9.17) is 5.11 Å². The lowest BCUT2D eigenvalue weighted by Crippen LogP contribution is -2.34. The predicted octanol–water partition coefficient (Wildman–Crippen LogP) is 3.20. The van der Waals surface area contributed by atoms with Gasteiger partial charge in [0.05, 0.1) is 6.42 Å². The topological polar surface area (TPSA) is 57.6 Å². The molecule has 0 radical (unpaired) electrons. The number of hydrogen-bond donors (Lipinski definition) is 1. The Hall–Kier alpha value is -1.98. The third-order valence-electron chi connectivity index (χ3n) is 5.21. The molecule has 2 saturated carbocycles. The highest BCUT2D eigenvalue weighted by Crippen LogP contribution is 2.56. The molecule has 2 atom stereocenters. The van der Waals surface area contributed by atoms with Crippen LogP contribution in [0.5, 0.6) is 0 Å². The summed E-state index contributed by atoms with van der Waals surface area (Å²) in [4.78, 5) is 25.2. The minimum Gasteiger partial charge on any atom is -0.481 e. The maximum atomic E-state index is 13.4. The van der Waals surface area contributed by atoms with Crippen LogP contribution in [0.3, 0.4) is 0 Å². The number of amides is 1. The molecule has 0 aliphatic heterocycles. The molecule has 4 nitrogen and oxygen atoms in total. The summed E-state index contributed by atoms with van der Waals surface area (Å²) < 4.78 is 26.4. The average molecular weight is 337 g/mol. The average Bonchev–Trinajstić information content (AvgIpc) is 3.28. The maximum absolute atomic E-state index is 13.4. The Bertz CT molecular complexity index is 637. The zero-order chi connectivity index (χ0) is 17.3. The van der Waals surface area contributed by atoms with E-state index >= 15 is 0 Å². The van der Waals surface area contributed by atoms with Gasteiger partial charge in [-0.25, -0.2) is 8.78 Å². The van der Waals surface area contributed by atoms with Crippen LogP contribution < -0.4 is 0 Å². The number of aliphatic carboxylic acids is 1. The van der Waals surface area contributed by atoms with Crippen LogP contribution in [0.25, 0.3) is 0 Å². The Morgan fingerprint density at radius 3 is 2.38 bits per heavy atom. The first-order valence-corrected chi connectivity index (χ1v) is 8.42. The zero-order valence-electron chi connectivity index (χ0n) is 13.4. The lowest BCUT2D eigenvalue weighted by Gasteiger charge is -2.22. The van der Waals surface area contributed by atoms with Crippen molar-refractivity contribution in [2.75, 3.05) is 6.54 Å². The third kappa shape index (κ3) is 3.57. The Morgan fingerprint density at radius 1 is 1.12 bits per heavy atom. The number of rotatable bonds is 6. The predicted molar refractivity (Wildman–Crippen MR) is 83.0 cm³/mol. The number of carbonyl (C=O) groups excluding carboxylic acids is 1. The summed E-state index contributed by atoms with van der Waals surface area (Å²) in [5.74, 6) is -2.10. The van der Waals surface area contributed by atoms with Crippen molar-refractivity contribution in [3.05, 3.63) is 35.4 Å². The second-order valence-corrected chi connectivity index (χ2v) is 6.79. The fraction of sp³-hybridized carbons (Fsp3) is 0.556. The van der Waals surface area contributed by atoms with Crippen LogP contribution in [0.2, 0.25) is 0 Å². The van der Waals surface area contributed by atoms with Crippen LogP contribution in [0, 0.1) is 29.4 Å². The molecular formula is C18H21F2NO3. The van der Waals surface area contributed by atoms with Gasteiger partial charge in [0.15, 0.2) is 11.6 Å². The van der Waals surface area contributed by atoms with Gasteiger partial charge in [0.1, 0.15) is 0 Å². The number of halogens is 2. The van der Waals surface area contributed by atoms with Crippen molar-refractivity contribution in [2.45, 2.75) is 38.6 Å². The minimum absolute atomic E-state index is 0.0217. The van der Waals surface area contributed by atoms with Crippen molar-refractivity contribution in [1.82, 2.24) is 4.90 Å². The number of fused-ring (bicyclic) bond motifs is 1. The van der Waals surface area contributed by atoms with Crippen molar-refractivity contribution in [1.29, 1.82) is 0 Å². The zero-order valence-corrected chi connectivity index (χ0v) is 13.4. The Labute approximate surface area is 139 Å². The molecule has 2 unspecified atom stereocenters. The van der Waals surface area contributed by atoms with Gasteiger partial charge in [0.2, 0.25) is 5.91 Å². The summed E-state index contributed by atoms with van der Waals surface area (Å²) in [5.41, 5.74) is 0.469. The monoisotopic (exact) mass is 337 g/mol. The van der Waals surface area contributed by atoms with E-state index in [9.17, 15) is 18.4 Å². The van der Waals surface area contributed by atoms with E-state index in [0.717, 1.165) is 37.8 Å². The van der Waals surface area contributed by atoms with Crippen molar-refractivity contribution in [3.8, 4) is 0 Å². The molecule has 0 heterocycles. The molecule has 0 spiro atoms. The molecule has 2 fully saturated rings. The first-order valence-electron chi connectivity index (χ1n) is 8.42. The fourth-order valence-electron chi connectivity index (χ4n) is 3.93. The van der Waals surface area contributed by atoms with Crippen LogP contribution in [0.15, 0.2) is 18.2 Å². The van der Waals surface area contributed by atoms with Gasteiger partial charge in [0.25, 0.3) is 0 Å². The minimum atomic E-state index is -0.980. The van der Waals surface area contributed by atoms with E-state index in [-0.39, 0.29) is 31.3 Å². The largest absolute Gasteiger partial charge is 0.481 e. The quantitative estimate of drug-likeness (QED) is 0.867. The highest BCUT2D eigenvalue weighted by Gasteiger charge is 2.55. The van der Waals surface area contributed by atoms with Gasteiger partial charge in [0, 0.05) is 19.0 Å². The molecule has 6 heteroatoms. The summed E-state index contributed by atoms with van der Waals surface area (Å²) >= 11 is 0. The van der Waals surface area contributed by atoms with Gasteiger partial charge in [-0.05, 0) is 42.4 Å². The third-order valence-corrected chi connectivity index (χ3v) is 5.21. The van der Waals surface area contributed by atoms with Crippen molar-refractivity contribution >= 4 is 11.9 Å². The van der Waals surface area contributed by atoms with Gasteiger partial charge in [-0.1, -0.05) is 18.9 Å². The summed E-state index contributed by atoms with van der Waals surface area (Å²) in [6.07, 6.45) is 4.24. The SMILES string of the molecule is O=C(O)CCN(Cc1ccc(F)c(F)c1)C(=O)C1C2CCCCC21. The summed E-state index contributed by atoms with van der Waals surface area (Å²) in [7, 11) is 0. The van der Waals surface area contributed by atoms with Gasteiger partial charge in [-0.3, -0.25) is 9.59 Å². The molecule has 2 aliphatic rings. The molecule has 1 amide bonds. The lowest BCUT2D eigenvalue weighted by molar-refractivity contribution is -0.139. The molecule has 3 rings (SSSR count). The number of carbonyl (C=O) groups is 2. The molecule has 1 N–H and O–H groups in total. The van der Waals surface area contributed by atoms with E-state index < -0.39 is 17.6 Å². The Kier molecular flexibility index (Phi) is 4.83. The van der Waals surface area contributed by atoms with Crippen LogP contribution in [-0.2, 0) is 16.1 Å².